The number of carbonyl (C=O) groups excluding carboxylic acids is 2. The zero-order valence-electron chi connectivity index (χ0n) is 17.8. The second kappa shape index (κ2) is 9.16. The van der Waals surface area contributed by atoms with Gasteiger partial charge in [0.1, 0.15) is 5.82 Å². The minimum absolute atomic E-state index is 0.228. The van der Waals surface area contributed by atoms with Gasteiger partial charge in [-0.3, -0.25) is 14.6 Å². The van der Waals surface area contributed by atoms with Crippen LogP contribution in [-0.2, 0) is 16.0 Å². The van der Waals surface area contributed by atoms with E-state index < -0.39 is 11.8 Å². The summed E-state index contributed by atoms with van der Waals surface area (Å²) in [5.74, 6) is -1.45. The Labute approximate surface area is 190 Å². The number of rotatable bonds is 4. The minimum atomic E-state index is -0.852. The molecule has 0 aliphatic rings. The Morgan fingerprint density at radius 2 is 1.79 bits per heavy atom. The number of nitriles is 1. The fourth-order valence-corrected chi connectivity index (χ4v) is 3.43. The summed E-state index contributed by atoms with van der Waals surface area (Å²) < 4.78 is 0. The van der Waals surface area contributed by atoms with Gasteiger partial charge in [-0.15, -0.1) is 0 Å². The molecule has 4 aromatic rings. The molecule has 33 heavy (non-hydrogen) atoms. The normalized spacial score (nSPS) is 10.4. The Hall–Kier alpha value is -4.77. The third kappa shape index (κ3) is 4.78. The predicted molar refractivity (Wildman–Crippen MR) is 127 cm³/mol. The Kier molecular flexibility index (Phi) is 5.96. The SMILES string of the molecule is Cc1ccncc1-c1cc(N)c2cnc(NC(=O)C(=O)Nc3ccc(CC#N)cc3)cc2c1. The molecule has 2 amide bonds. The number of nitrogens with one attached hydrogen (secondary N) is 2. The average molecular weight is 436 g/mol. The number of amides is 2. The first-order valence-corrected chi connectivity index (χ1v) is 10.1. The number of hydrogen-bond acceptors (Lipinski definition) is 6. The van der Waals surface area contributed by atoms with Gasteiger partial charge in [0.05, 0.1) is 12.5 Å². The van der Waals surface area contributed by atoms with Crippen molar-refractivity contribution in [2.45, 2.75) is 13.3 Å². The highest BCUT2D eigenvalue weighted by Gasteiger charge is 2.15. The van der Waals surface area contributed by atoms with Crippen molar-refractivity contribution in [3.8, 4) is 17.2 Å². The zero-order chi connectivity index (χ0) is 23.4. The van der Waals surface area contributed by atoms with Gasteiger partial charge in [-0.05, 0) is 65.4 Å². The number of aromatic nitrogens is 2. The highest BCUT2D eigenvalue weighted by Crippen LogP contribution is 2.31. The molecule has 4 rings (SSSR count). The summed E-state index contributed by atoms with van der Waals surface area (Å²) in [7, 11) is 0. The second-order valence-electron chi connectivity index (χ2n) is 7.49. The van der Waals surface area contributed by atoms with Crippen molar-refractivity contribution in [2.24, 2.45) is 0 Å². The molecule has 2 aromatic carbocycles. The molecule has 2 heterocycles. The lowest BCUT2D eigenvalue weighted by molar-refractivity contribution is -0.133. The number of benzene rings is 2. The first-order chi connectivity index (χ1) is 15.9. The summed E-state index contributed by atoms with van der Waals surface area (Å²) >= 11 is 0. The maximum atomic E-state index is 12.4. The summed E-state index contributed by atoms with van der Waals surface area (Å²) in [6, 6.07) is 16.1. The fourth-order valence-electron chi connectivity index (χ4n) is 3.43. The van der Waals surface area contributed by atoms with Gasteiger partial charge in [0.2, 0.25) is 0 Å². The maximum Gasteiger partial charge on any atom is 0.315 e. The highest BCUT2D eigenvalue weighted by molar-refractivity contribution is 6.43. The van der Waals surface area contributed by atoms with E-state index in [0.29, 0.717) is 11.4 Å². The van der Waals surface area contributed by atoms with Crippen LogP contribution in [0.3, 0.4) is 0 Å². The third-order valence-electron chi connectivity index (χ3n) is 5.16. The van der Waals surface area contributed by atoms with Crippen molar-refractivity contribution in [2.75, 3.05) is 16.4 Å². The van der Waals surface area contributed by atoms with Gasteiger partial charge in [0.15, 0.2) is 0 Å². The molecule has 2 aromatic heterocycles. The zero-order valence-corrected chi connectivity index (χ0v) is 17.8. The molecule has 0 aliphatic carbocycles. The largest absolute Gasteiger partial charge is 0.398 e. The van der Waals surface area contributed by atoms with Crippen LogP contribution in [0.4, 0.5) is 17.2 Å². The van der Waals surface area contributed by atoms with Crippen LogP contribution in [0.25, 0.3) is 21.9 Å². The van der Waals surface area contributed by atoms with Crippen molar-refractivity contribution in [1.29, 1.82) is 5.26 Å². The minimum Gasteiger partial charge on any atom is -0.398 e. The molecule has 0 radical (unpaired) electrons. The van der Waals surface area contributed by atoms with Gasteiger partial charge in [0.25, 0.3) is 0 Å². The average Bonchev–Trinajstić information content (AvgIpc) is 2.80. The number of anilines is 3. The summed E-state index contributed by atoms with van der Waals surface area (Å²) in [5, 5.41) is 15.3. The van der Waals surface area contributed by atoms with E-state index in [0.717, 1.165) is 33.0 Å². The number of hydrogen-bond donors (Lipinski definition) is 3. The Balaban J connectivity index is 1.53. The Morgan fingerprint density at radius 1 is 1.03 bits per heavy atom. The van der Waals surface area contributed by atoms with E-state index >= 15 is 0 Å². The first-order valence-electron chi connectivity index (χ1n) is 10.1. The quantitative estimate of drug-likeness (QED) is 0.329. The molecule has 0 aliphatic heterocycles. The summed E-state index contributed by atoms with van der Waals surface area (Å²) in [4.78, 5) is 33.1. The van der Waals surface area contributed by atoms with Crippen molar-refractivity contribution in [1.82, 2.24) is 9.97 Å². The summed E-state index contributed by atoms with van der Waals surface area (Å²) in [6.45, 7) is 1.99. The molecule has 0 atom stereocenters. The van der Waals surface area contributed by atoms with Crippen LogP contribution in [-0.4, -0.2) is 21.8 Å². The maximum absolute atomic E-state index is 12.4. The Bertz CT molecular complexity index is 1410. The van der Waals surface area contributed by atoms with Crippen molar-refractivity contribution < 1.29 is 9.59 Å². The van der Waals surface area contributed by atoms with E-state index in [1.807, 2.05) is 25.1 Å². The van der Waals surface area contributed by atoms with Gasteiger partial charge in [-0.25, -0.2) is 4.98 Å². The van der Waals surface area contributed by atoms with Crippen LogP contribution in [0.15, 0.2) is 67.1 Å². The lowest BCUT2D eigenvalue weighted by atomic mass is 9.99. The fraction of sp³-hybridized carbons (Fsp3) is 0.0800. The molecular formula is C25H20N6O2. The Morgan fingerprint density at radius 3 is 2.52 bits per heavy atom. The summed E-state index contributed by atoms with van der Waals surface area (Å²) in [5.41, 5.74) is 11.0. The standard InChI is InChI=1S/C25H20N6O2/c1-15-7-9-28-13-20(15)17-10-18-12-23(29-14-21(18)22(27)11-17)31-25(33)24(32)30-19-4-2-16(3-5-19)6-8-26/h2-5,7,9-14H,6,27H2,1H3,(H,30,32)(H,29,31,33). The number of nitrogen functional groups attached to an aromatic ring is 1. The number of carbonyl (C=O) groups is 2. The van der Waals surface area contributed by atoms with Crippen molar-refractivity contribution in [3.05, 3.63) is 78.2 Å². The van der Waals surface area contributed by atoms with Gasteiger partial charge in [0, 0.05) is 40.9 Å². The van der Waals surface area contributed by atoms with Crippen LogP contribution in [0, 0.1) is 18.3 Å². The molecule has 162 valence electrons. The van der Waals surface area contributed by atoms with Crippen molar-refractivity contribution >= 4 is 39.8 Å². The molecule has 0 fully saturated rings. The van der Waals surface area contributed by atoms with Crippen LogP contribution < -0.4 is 16.4 Å². The van der Waals surface area contributed by atoms with E-state index in [9.17, 15) is 9.59 Å². The molecular weight excluding hydrogens is 416 g/mol. The lowest BCUT2D eigenvalue weighted by Gasteiger charge is -2.11. The van der Waals surface area contributed by atoms with E-state index in [1.54, 1.807) is 48.9 Å². The molecule has 0 unspecified atom stereocenters. The van der Waals surface area contributed by atoms with Gasteiger partial charge >= 0.3 is 11.8 Å². The first kappa shape index (κ1) is 21.5. The van der Waals surface area contributed by atoms with Gasteiger partial charge in [-0.2, -0.15) is 5.26 Å². The van der Waals surface area contributed by atoms with Crippen molar-refractivity contribution in [3.63, 3.8) is 0 Å². The van der Waals surface area contributed by atoms with E-state index in [4.69, 9.17) is 11.0 Å². The molecule has 8 heteroatoms. The number of nitrogens with zero attached hydrogens (tertiary/aromatic N) is 3. The second-order valence-corrected chi connectivity index (χ2v) is 7.49. The van der Waals surface area contributed by atoms with E-state index in [-0.39, 0.29) is 12.2 Å². The number of aryl methyl sites for hydroxylation is 1. The van der Waals surface area contributed by atoms with Gasteiger partial charge < -0.3 is 16.4 Å². The summed E-state index contributed by atoms with van der Waals surface area (Å²) in [6.07, 6.45) is 5.34. The van der Waals surface area contributed by atoms with Gasteiger partial charge in [-0.1, -0.05) is 12.1 Å². The van der Waals surface area contributed by atoms with Crippen LogP contribution in [0.1, 0.15) is 11.1 Å². The molecule has 0 bridgehead atoms. The van der Waals surface area contributed by atoms with Crippen LogP contribution >= 0.6 is 0 Å². The molecule has 0 spiro atoms. The third-order valence-corrected chi connectivity index (χ3v) is 5.16. The number of fused-ring (bicyclic) bond motifs is 1. The topological polar surface area (TPSA) is 134 Å². The van der Waals surface area contributed by atoms with E-state index in [2.05, 4.69) is 26.7 Å². The monoisotopic (exact) mass is 436 g/mol. The molecule has 8 nitrogen and oxygen atoms in total. The van der Waals surface area contributed by atoms with Crippen LogP contribution in [0.5, 0.6) is 0 Å². The smallest absolute Gasteiger partial charge is 0.315 e. The predicted octanol–water partition coefficient (Wildman–Crippen LogP) is 3.83. The molecule has 4 N–H and O–H groups in total. The lowest BCUT2D eigenvalue weighted by Crippen LogP contribution is -2.29. The molecule has 0 saturated carbocycles. The highest BCUT2D eigenvalue weighted by atomic mass is 16.2. The van der Waals surface area contributed by atoms with Crippen LogP contribution in [0.2, 0.25) is 0 Å². The van der Waals surface area contributed by atoms with E-state index in [1.165, 1.54) is 0 Å². The molecule has 0 saturated heterocycles. The number of pyridine rings is 2. The number of nitrogens with two attached hydrogens (primary N) is 1.